The molecule has 1 unspecified atom stereocenters. The summed E-state index contributed by atoms with van der Waals surface area (Å²) >= 11 is 1.67. The minimum absolute atomic E-state index is 0.266. The second-order valence-electron chi connectivity index (χ2n) is 3.60. The minimum atomic E-state index is 0.266. The maximum absolute atomic E-state index is 5.74. The Labute approximate surface area is 99.3 Å². The molecule has 3 nitrogen and oxygen atoms in total. The van der Waals surface area contributed by atoms with Gasteiger partial charge in [-0.3, -0.25) is 0 Å². The third-order valence-electron chi connectivity index (χ3n) is 2.39. The molecular formula is C12H15N3S. The van der Waals surface area contributed by atoms with Crippen LogP contribution in [-0.4, -0.2) is 4.98 Å². The maximum atomic E-state index is 5.74. The Bertz CT molecular complexity index is 439. The molecule has 84 valence electrons. The monoisotopic (exact) mass is 233 g/mol. The van der Waals surface area contributed by atoms with Crippen LogP contribution in [0.3, 0.4) is 0 Å². The van der Waals surface area contributed by atoms with Crippen molar-refractivity contribution in [1.29, 1.82) is 0 Å². The summed E-state index contributed by atoms with van der Waals surface area (Å²) in [6, 6.07) is 8.06. The second-order valence-corrected chi connectivity index (χ2v) is 4.53. The molecule has 0 aliphatic carbocycles. The summed E-state index contributed by atoms with van der Waals surface area (Å²) in [7, 11) is 0. The molecule has 0 saturated heterocycles. The standard InChI is InChI=1S/C12H15N3S/c1-2-11(12-14-6-7-16-12)15-10-5-3-4-9(13)8-10/h3-8,11,15H,2,13H2,1H3. The van der Waals surface area contributed by atoms with E-state index in [-0.39, 0.29) is 6.04 Å². The number of rotatable bonds is 4. The summed E-state index contributed by atoms with van der Waals surface area (Å²) in [5.74, 6) is 0. The second kappa shape index (κ2) is 4.99. The number of benzene rings is 1. The Kier molecular flexibility index (Phi) is 3.41. The minimum Gasteiger partial charge on any atom is -0.399 e. The van der Waals surface area contributed by atoms with Crippen LogP contribution in [0.1, 0.15) is 24.4 Å². The van der Waals surface area contributed by atoms with Crippen molar-refractivity contribution < 1.29 is 0 Å². The number of nitrogens with two attached hydrogens (primary N) is 1. The Morgan fingerprint density at radius 3 is 3.00 bits per heavy atom. The number of nitrogens with one attached hydrogen (secondary N) is 1. The fourth-order valence-electron chi connectivity index (χ4n) is 1.57. The number of aromatic nitrogens is 1. The maximum Gasteiger partial charge on any atom is 0.115 e. The molecule has 2 rings (SSSR count). The molecule has 0 saturated carbocycles. The lowest BCUT2D eigenvalue weighted by Gasteiger charge is -2.16. The predicted molar refractivity (Wildman–Crippen MR) is 69.6 cm³/mol. The van der Waals surface area contributed by atoms with Crippen molar-refractivity contribution in [3.8, 4) is 0 Å². The Morgan fingerprint density at radius 1 is 1.50 bits per heavy atom. The molecule has 1 aromatic heterocycles. The van der Waals surface area contributed by atoms with E-state index >= 15 is 0 Å². The van der Waals surface area contributed by atoms with E-state index in [1.165, 1.54) is 0 Å². The van der Waals surface area contributed by atoms with Crippen molar-refractivity contribution in [1.82, 2.24) is 4.98 Å². The Hall–Kier alpha value is -1.55. The molecule has 1 heterocycles. The van der Waals surface area contributed by atoms with E-state index in [0.29, 0.717) is 0 Å². The molecule has 0 fully saturated rings. The van der Waals surface area contributed by atoms with Crippen molar-refractivity contribution in [2.45, 2.75) is 19.4 Å². The van der Waals surface area contributed by atoms with Gasteiger partial charge in [0.25, 0.3) is 0 Å². The third kappa shape index (κ3) is 2.52. The number of hydrogen-bond acceptors (Lipinski definition) is 4. The summed E-state index contributed by atoms with van der Waals surface area (Å²) in [6.45, 7) is 2.14. The largest absolute Gasteiger partial charge is 0.399 e. The van der Waals surface area contributed by atoms with Crippen molar-refractivity contribution in [3.05, 3.63) is 40.8 Å². The lowest BCUT2D eigenvalue weighted by atomic mass is 10.2. The highest BCUT2D eigenvalue weighted by Crippen LogP contribution is 2.24. The molecule has 0 aliphatic rings. The number of anilines is 2. The predicted octanol–water partition coefficient (Wildman–Crippen LogP) is 3.29. The fourth-order valence-corrected chi connectivity index (χ4v) is 2.35. The van der Waals surface area contributed by atoms with Crippen LogP contribution in [0.15, 0.2) is 35.8 Å². The summed E-state index contributed by atoms with van der Waals surface area (Å²) < 4.78 is 0. The number of nitrogens with zero attached hydrogens (tertiary/aromatic N) is 1. The van der Waals surface area contributed by atoms with E-state index in [1.807, 2.05) is 35.8 Å². The topological polar surface area (TPSA) is 50.9 Å². The SMILES string of the molecule is CCC(Nc1cccc(N)c1)c1nccs1. The van der Waals surface area contributed by atoms with Crippen LogP contribution < -0.4 is 11.1 Å². The Balaban J connectivity index is 2.13. The van der Waals surface area contributed by atoms with Gasteiger partial charge >= 0.3 is 0 Å². The quantitative estimate of drug-likeness (QED) is 0.797. The van der Waals surface area contributed by atoms with Gasteiger partial charge in [-0.15, -0.1) is 11.3 Å². The highest BCUT2D eigenvalue weighted by atomic mass is 32.1. The van der Waals surface area contributed by atoms with Crippen molar-refractivity contribution in [2.75, 3.05) is 11.1 Å². The number of hydrogen-bond donors (Lipinski definition) is 2. The molecule has 0 amide bonds. The summed E-state index contributed by atoms with van der Waals surface area (Å²) in [5, 5.41) is 6.55. The highest BCUT2D eigenvalue weighted by Gasteiger charge is 2.11. The Morgan fingerprint density at radius 2 is 2.38 bits per heavy atom. The van der Waals surface area contributed by atoms with Gasteiger partial charge in [0.15, 0.2) is 0 Å². The van der Waals surface area contributed by atoms with Crippen LogP contribution in [0.2, 0.25) is 0 Å². The normalized spacial score (nSPS) is 12.3. The van der Waals surface area contributed by atoms with E-state index in [1.54, 1.807) is 11.3 Å². The first-order valence-corrected chi connectivity index (χ1v) is 6.19. The van der Waals surface area contributed by atoms with Crippen LogP contribution in [0, 0.1) is 0 Å². The van der Waals surface area contributed by atoms with Crippen LogP contribution in [0.25, 0.3) is 0 Å². The van der Waals surface area contributed by atoms with E-state index in [2.05, 4.69) is 17.2 Å². The zero-order valence-corrected chi connectivity index (χ0v) is 10.00. The van der Waals surface area contributed by atoms with Gasteiger partial charge in [-0.25, -0.2) is 4.98 Å². The molecule has 4 heteroatoms. The van der Waals surface area contributed by atoms with Crippen molar-refractivity contribution >= 4 is 22.7 Å². The lowest BCUT2D eigenvalue weighted by molar-refractivity contribution is 0.742. The molecule has 16 heavy (non-hydrogen) atoms. The van der Waals surface area contributed by atoms with E-state index in [0.717, 1.165) is 22.8 Å². The number of thiazole rings is 1. The summed E-state index contributed by atoms with van der Waals surface area (Å²) in [6.07, 6.45) is 2.84. The molecule has 1 atom stereocenters. The summed E-state index contributed by atoms with van der Waals surface area (Å²) in [5.41, 5.74) is 7.56. The van der Waals surface area contributed by atoms with E-state index < -0.39 is 0 Å². The summed E-state index contributed by atoms with van der Waals surface area (Å²) in [4.78, 5) is 4.33. The number of nitrogen functional groups attached to an aromatic ring is 1. The zero-order valence-electron chi connectivity index (χ0n) is 9.18. The first-order chi connectivity index (χ1) is 7.79. The van der Waals surface area contributed by atoms with Gasteiger partial charge < -0.3 is 11.1 Å². The molecule has 0 spiro atoms. The van der Waals surface area contributed by atoms with Crippen LogP contribution in [0.5, 0.6) is 0 Å². The zero-order chi connectivity index (χ0) is 11.4. The first-order valence-electron chi connectivity index (χ1n) is 5.31. The van der Waals surface area contributed by atoms with E-state index in [9.17, 15) is 0 Å². The van der Waals surface area contributed by atoms with Gasteiger partial charge in [0.1, 0.15) is 5.01 Å². The molecule has 0 radical (unpaired) electrons. The van der Waals surface area contributed by atoms with Gasteiger partial charge in [-0.2, -0.15) is 0 Å². The van der Waals surface area contributed by atoms with Gasteiger partial charge in [0.05, 0.1) is 6.04 Å². The molecule has 2 aromatic rings. The van der Waals surface area contributed by atoms with Crippen molar-refractivity contribution in [2.24, 2.45) is 0 Å². The molecule has 3 N–H and O–H groups in total. The van der Waals surface area contributed by atoms with Gasteiger partial charge in [0.2, 0.25) is 0 Å². The fraction of sp³-hybridized carbons (Fsp3) is 0.250. The van der Waals surface area contributed by atoms with Crippen LogP contribution in [0.4, 0.5) is 11.4 Å². The molecule has 0 bridgehead atoms. The van der Waals surface area contributed by atoms with Crippen LogP contribution >= 0.6 is 11.3 Å². The van der Waals surface area contributed by atoms with Gasteiger partial charge in [-0.05, 0) is 24.6 Å². The molecule has 1 aromatic carbocycles. The molecule has 0 aliphatic heterocycles. The third-order valence-corrected chi connectivity index (χ3v) is 3.27. The average molecular weight is 233 g/mol. The van der Waals surface area contributed by atoms with Gasteiger partial charge in [0, 0.05) is 23.0 Å². The first kappa shape index (κ1) is 11.0. The van der Waals surface area contributed by atoms with E-state index in [4.69, 9.17) is 5.73 Å². The average Bonchev–Trinajstić information content (AvgIpc) is 2.79. The van der Waals surface area contributed by atoms with Crippen LogP contribution in [-0.2, 0) is 0 Å². The molecular weight excluding hydrogens is 218 g/mol. The highest BCUT2D eigenvalue weighted by molar-refractivity contribution is 7.09. The smallest absolute Gasteiger partial charge is 0.115 e. The van der Waals surface area contributed by atoms with Gasteiger partial charge in [-0.1, -0.05) is 13.0 Å². The van der Waals surface area contributed by atoms with Crippen molar-refractivity contribution in [3.63, 3.8) is 0 Å². The lowest BCUT2D eigenvalue weighted by Crippen LogP contribution is -2.09.